The molecule has 2 N–H and O–H groups in total. The highest BCUT2D eigenvalue weighted by atomic mass is 16.3. The fraction of sp³-hybridized carbons (Fsp3) is 0.231. The number of hydrogen-bond donors (Lipinski definition) is 2. The first-order valence-electron chi connectivity index (χ1n) is 5.76. The molecule has 0 saturated carbocycles. The van der Waals surface area contributed by atoms with Crippen LogP contribution in [-0.4, -0.2) is 20.8 Å². The number of anilines is 1. The zero-order valence-corrected chi connectivity index (χ0v) is 9.92. The molecule has 0 aliphatic carbocycles. The third-order valence-corrected chi connectivity index (χ3v) is 3.29. The topological polar surface area (TPSA) is 67.2 Å². The minimum absolute atomic E-state index is 0.00282. The molecule has 1 aromatic carbocycles. The van der Waals surface area contributed by atoms with Gasteiger partial charge in [-0.15, -0.1) is 0 Å². The van der Waals surface area contributed by atoms with Crippen LogP contribution in [0.5, 0.6) is 5.75 Å². The predicted molar refractivity (Wildman–Crippen MR) is 66.4 cm³/mol. The molecule has 0 bridgehead atoms. The van der Waals surface area contributed by atoms with E-state index in [0.29, 0.717) is 6.42 Å². The number of aromatic nitrogens is 2. The van der Waals surface area contributed by atoms with Crippen molar-refractivity contribution in [3.8, 4) is 5.75 Å². The van der Waals surface area contributed by atoms with E-state index in [4.69, 9.17) is 0 Å². The molecule has 3 rings (SSSR count). The van der Waals surface area contributed by atoms with E-state index in [0.717, 1.165) is 16.9 Å². The fourth-order valence-electron chi connectivity index (χ4n) is 2.35. The van der Waals surface area contributed by atoms with Gasteiger partial charge >= 0.3 is 0 Å². The maximum atomic E-state index is 11.7. The Kier molecular flexibility index (Phi) is 2.33. The van der Waals surface area contributed by atoms with Crippen LogP contribution in [0, 0.1) is 0 Å². The van der Waals surface area contributed by atoms with E-state index in [1.54, 1.807) is 30.1 Å². The number of hydrogen-bond acceptors (Lipinski definition) is 3. The Balaban J connectivity index is 2.07. The summed E-state index contributed by atoms with van der Waals surface area (Å²) in [6.45, 7) is 0. The van der Waals surface area contributed by atoms with E-state index >= 15 is 0 Å². The van der Waals surface area contributed by atoms with Crippen LogP contribution in [0.1, 0.15) is 23.5 Å². The van der Waals surface area contributed by atoms with Gasteiger partial charge in [0.1, 0.15) is 11.6 Å². The zero-order valence-electron chi connectivity index (χ0n) is 9.92. The molecule has 0 radical (unpaired) electrons. The van der Waals surface area contributed by atoms with Gasteiger partial charge in [0, 0.05) is 24.9 Å². The van der Waals surface area contributed by atoms with Crippen LogP contribution >= 0.6 is 0 Å². The first-order chi connectivity index (χ1) is 8.65. The lowest BCUT2D eigenvalue weighted by Gasteiger charge is -2.23. The minimum Gasteiger partial charge on any atom is -0.508 e. The van der Waals surface area contributed by atoms with Crippen molar-refractivity contribution in [2.45, 2.75) is 12.3 Å². The van der Waals surface area contributed by atoms with Gasteiger partial charge in [0.05, 0.1) is 6.20 Å². The number of rotatable bonds is 1. The Bertz CT molecular complexity index is 601. The van der Waals surface area contributed by atoms with Crippen LogP contribution in [-0.2, 0) is 11.8 Å². The molecule has 92 valence electrons. The molecule has 0 spiro atoms. The smallest absolute Gasteiger partial charge is 0.226 e. The molecule has 18 heavy (non-hydrogen) atoms. The quantitative estimate of drug-likeness (QED) is 0.799. The van der Waals surface area contributed by atoms with Gasteiger partial charge in [-0.05, 0) is 17.7 Å². The van der Waals surface area contributed by atoms with Crippen LogP contribution < -0.4 is 5.32 Å². The maximum absolute atomic E-state index is 11.7. The number of phenolic OH excluding ortho intramolecular Hbond substituents is 1. The predicted octanol–water partition coefficient (Wildman–Crippen LogP) is 1.60. The summed E-state index contributed by atoms with van der Waals surface area (Å²) in [5, 5.41) is 16.3. The van der Waals surface area contributed by atoms with Crippen molar-refractivity contribution < 1.29 is 9.90 Å². The minimum atomic E-state index is -0.0100. The summed E-state index contributed by atoms with van der Waals surface area (Å²) in [6.07, 6.45) is 2.19. The number of nitrogens with one attached hydrogen (secondary N) is 1. The van der Waals surface area contributed by atoms with Crippen molar-refractivity contribution in [1.82, 2.24) is 9.78 Å². The van der Waals surface area contributed by atoms with E-state index in [1.165, 1.54) is 0 Å². The van der Waals surface area contributed by atoms with Gasteiger partial charge in [-0.2, -0.15) is 5.10 Å². The van der Waals surface area contributed by atoms with Crippen LogP contribution in [0.25, 0.3) is 0 Å². The van der Waals surface area contributed by atoms with E-state index < -0.39 is 0 Å². The molecule has 0 unspecified atom stereocenters. The van der Waals surface area contributed by atoms with Crippen molar-refractivity contribution in [3.63, 3.8) is 0 Å². The van der Waals surface area contributed by atoms with E-state index in [-0.39, 0.29) is 17.6 Å². The van der Waals surface area contributed by atoms with Gasteiger partial charge in [0.15, 0.2) is 0 Å². The Morgan fingerprint density at radius 3 is 2.83 bits per heavy atom. The average Bonchev–Trinajstić information content (AvgIpc) is 2.71. The molecule has 2 aromatic rings. The second-order valence-electron chi connectivity index (χ2n) is 4.47. The Morgan fingerprint density at radius 2 is 2.11 bits per heavy atom. The lowest BCUT2D eigenvalue weighted by atomic mass is 9.87. The number of fused-ring (bicyclic) bond motifs is 1. The molecule has 1 amide bonds. The molecule has 2 heterocycles. The number of amides is 1. The second kappa shape index (κ2) is 3.87. The lowest BCUT2D eigenvalue weighted by Crippen LogP contribution is -2.24. The molecule has 1 aromatic heterocycles. The molecule has 5 heteroatoms. The monoisotopic (exact) mass is 243 g/mol. The molecule has 0 saturated heterocycles. The zero-order chi connectivity index (χ0) is 12.7. The maximum Gasteiger partial charge on any atom is 0.226 e. The SMILES string of the molecule is Cn1ncc2c1NC(=O)C[C@@H]2c1ccc(O)cc1. The van der Waals surface area contributed by atoms with Crippen LogP contribution in [0.3, 0.4) is 0 Å². The number of carbonyl (C=O) groups is 1. The molecule has 1 aliphatic rings. The molecule has 1 aliphatic heterocycles. The summed E-state index contributed by atoms with van der Waals surface area (Å²) < 4.78 is 1.67. The number of carbonyl (C=O) groups excluding carboxylic acids is 1. The standard InChI is InChI=1S/C13H13N3O2/c1-16-13-11(7-14-16)10(6-12(18)15-13)8-2-4-9(17)5-3-8/h2-5,7,10,17H,6H2,1H3,(H,15,18)/t10-/m1/s1. The number of phenols is 1. The van der Waals surface area contributed by atoms with Gasteiger partial charge in [0.25, 0.3) is 0 Å². The molecular weight excluding hydrogens is 230 g/mol. The second-order valence-corrected chi connectivity index (χ2v) is 4.47. The highest BCUT2D eigenvalue weighted by Gasteiger charge is 2.29. The normalized spacial score (nSPS) is 18.3. The number of nitrogens with zero attached hydrogens (tertiary/aromatic N) is 2. The largest absolute Gasteiger partial charge is 0.508 e. The first-order valence-corrected chi connectivity index (χ1v) is 5.76. The van der Waals surface area contributed by atoms with Crippen LogP contribution in [0.15, 0.2) is 30.5 Å². The first kappa shape index (κ1) is 10.8. The van der Waals surface area contributed by atoms with E-state index in [1.807, 2.05) is 12.1 Å². The molecule has 1 atom stereocenters. The Labute approximate surface area is 104 Å². The number of benzene rings is 1. The summed E-state index contributed by atoms with van der Waals surface area (Å²) in [5.74, 6) is 0.974. The van der Waals surface area contributed by atoms with Crippen LogP contribution in [0.2, 0.25) is 0 Å². The van der Waals surface area contributed by atoms with Gasteiger partial charge in [-0.3, -0.25) is 9.48 Å². The van der Waals surface area contributed by atoms with Gasteiger partial charge < -0.3 is 10.4 Å². The third kappa shape index (κ3) is 1.64. The fourth-order valence-corrected chi connectivity index (χ4v) is 2.35. The Morgan fingerprint density at radius 1 is 1.39 bits per heavy atom. The van der Waals surface area contributed by atoms with E-state index in [9.17, 15) is 9.90 Å². The van der Waals surface area contributed by atoms with Gasteiger partial charge in [-0.25, -0.2) is 0 Å². The molecule has 0 fully saturated rings. The number of aryl methyl sites for hydroxylation is 1. The van der Waals surface area contributed by atoms with Crippen molar-refractivity contribution in [2.75, 3.05) is 5.32 Å². The van der Waals surface area contributed by atoms with Gasteiger partial charge in [0.2, 0.25) is 5.91 Å². The van der Waals surface area contributed by atoms with Crippen molar-refractivity contribution >= 4 is 11.7 Å². The molecular formula is C13H13N3O2. The summed E-state index contributed by atoms with van der Waals surface area (Å²) >= 11 is 0. The molecule has 5 nitrogen and oxygen atoms in total. The number of aromatic hydroxyl groups is 1. The summed E-state index contributed by atoms with van der Waals surface area (Å²) in [5.41, 5.74) is 2.03. The summed E-state index contributed by atoms with van der Waals surface area (Å²) in [7, 11) is 1.80. The van der Waals surface area contributed by atoms with Crippen molar-refractivity contribution in [2.24, 2.45) is 7.05 Å². The third-order valence-electron chi connectivity index (χ3n) is 3.29. The Hall–Kier alpha value is -2.30. The van der Waals surface area contributed by atoms with Crippen LogP contribution in [0.4, 0.5) is 5.82 Å². The lowest BCUT2D eigenvalue weighted by molar-refractivity contribution is -0.116. The average molecular weight is 243 g/mol. The summed E-state index contributed by atoms with van der Waals surface area (Å²) in [6, 6.07) is 6.96. The van der Waals surface area contributed by atoms with Crippen molar-refractivity contribution in [3.05, 3.63) is 41.6 Å². The van der Waals surface area contributed by atoms with Gasteiger partial charge in [-0.1, -0.05) is 12.1 Å². The highest BCUT2D eigenvalue weighted by Crippen LogP contribution is 2.36. The van der Waals surface area contributed by atoms with Crippen molar-refractivity contribution in [1.29, 1.82) is 0 Å². The van der Waals surface area contributed by atoms with E-state index in [2.05, 4.69) is 10.4 Å². The highest BCUT2D eigenvalue weighted by molar-refractivity contribution is 5.94. The summed E-state index contributed by atoms with van der Waals surface area (Å²) in [4.78, 5) is 11.7.